The van der Waals surface area contributed by atoms with E-state index in [9.17, 15) is 18.0 Å². The number of hydrogen-bond acceptors (Lipinski definition) is 2. The molecule has 0 aromatic rings. The molecule has 0 aromatic heterocycles. The summed E-state index contributed by atoms with van der Waals surface area (Å²) in [6.45, 7) is 4.00. The van der Waals surface area contributed by atoms with Gasteiger partial charge in [0.2, 0.25) is 5.84 Å². The topological polar surface area (TPSA) is 41.8 Å². The van der Waals surface area contributed by atoms with Crippen molar-refractivity contribution in [2.45, 2.75) is 13.1 Å². The number of alkyl halides is 3. The molecule has 0 fully saturated rings. The largest absolute Gasteiger partial charge is 0.433 e. The quantitative estimate of drug-likeness (QED) is 0.405. The first-order valence-electron chi connectivity index (χ1n) is 3.31. The minimum absolute atomic E-state index is 0.699. The standard InChI is InChI=1S/C7H6ClF3N2O/c1-3-4(7(9,10)11)13-6(12-2)5(8)14/h3H,2H2,1H3/b4-3-,13-6?. The lowest BCUT2D eigenvalue weighted by Gasteiger charge is -2.05. The molecule has 0 atom stereocenters. The number of halogens is 4. The van der Waals surface area contributed by atoms with Crippen LogP contribution >= 0.6 is 11.6 Å². The molecular formula is C7H6ClF3N2O. The van der Waals surface area contributed by atoms with Gasteiger partial charge >= 0.3 is 6.18 Å². The minimum atomic E-state index is -4.64. The van der Waals surface area contributed by atoms with Gasteiger partial charge in [-0.2, -0.15) is 13.2 Å². The van der Waals surface area contributed by atoms with E-state index in [2.05, 4.69) is 16.7 Å². The van der Waals surface area contributed by atoms with Crippen LogP contribution in [0, 0.1) is 0 Å². The summed E-state index contributed by atoms with van der Waals surface area (Å²) in [6.07, 6.45) is -3.94. The second kappa shape index (κ2) is 4.90. The van der Waals surface area contributed by atoms with E-state index in [4.69, 9.17) is 11.6 Å². The van der Waals surface area contributed by atoms with Gasteiger partial charge in [-0.25, -0.2) is 9.98 Å². The first-order chi connectivity index (χ1) is 6.32. The molecule has 14 heavy (non-hydrogen) atoms. The van der Waals surface area contributed by atoms with Gasteiger partial charge in [-0.3, -0.25) is 4.79 Å². The predicted molar refractivity (Wildman–Crippen MR) is 47.7 cm³/mol. The fourth-order valence-corrected chi connectivity index (χ4v) is 0.649. The van der Waals surface area contributed by atoms with E-state index in [0.717, 1.165) is 6.92 Å². The van der Waals surface area contributed by atoms with Crippen molar-refractivity contribution in [2.75, 3.05) is 0 Å². The Hall–Kier alpha value is -1.17. The number of rotatable bonds is 2. The Kier molecular flexibility index (Phi) is 4.49. The van der Waals surface area contributed by atoms with E-state index in [0.29, 0.717) is 6.08 Å². The molecular weight excluding hydrogens is 221 g/mol. The highest BCUT2D eigenvalue weighted by Gasteiger charge is 2.33. The number of allylic oxidation sites excluding steroid dienone is 2. The maximum Gasteiger partial charge on any atom is 0.433 e. The van der Waals surface area contributed by atoms with Gasteiger partial charge in [0.05, 0.1) is 0 Å². The molecule has 0 spiro atoms. The molecule has 0 saturated carbocycles. The molecule has 0 N–H and O–H groups in total. The molecule has 0 aliphatic rings. The summed E-state index contributed by atoms with van der Waals surface area (Å²) in [5.41, 5.74) is -1.24. The Bertz CT molecular complexity index is 307. The van der Waals surface area contributed by atoms with E-state index in [1.54, 1.807) is 0 Å². The Morgan fingerprint density at radius 3 is 2.21 bits per heavy atom. The van der Waals surface area contributed by atoms with Crippen molar-refractivity contribution in [2.24, 2.45) is 9.98 Å². The fraction of sp³-hybridized carbons (Fsp3) is 0.286. The third-order valence-electron chi connectivity index (χ3n) is 1.12. The zero-order chi connectivity index (χ0) is 11.4. The van der Waals surface area contributed by atoms with Crippen molar-refractivity contribution in [3.05, 3.63) is 11.8 Å². The number of amidine groups is 1. The van der Waals surface area contributed by atoms with Crippen LogP contribution in [0.2, 0.25) is 0 Å². The van der Waals surface area contributed by atoms with E-state index in [1.807, 2.05) is 0 Å². The second-order valence-electron chi connectivity index (χ2n) is 2.04. The molecule has 7 heteroatoms. The van der Waals surface area contributed by atoms with Crippen molar-refractivity contribution in [1.82, 2.24) is 0 Å². The fourth-order valence-electron chi connectivity index (χ4n) is 0.547. The van der Waals surface area contributed by atoms with Gasteiger partial charge in [-0.15, -0.1) is 0 Å². The maximum atomic E-state index is 12.1. The zero-order valence-corrected chi connectivity index (χ0v) is 7.85. The lowest BCUT2D eigenvalue weighted by Crippen LogP contribution is -2.13. The number of carbonyl (C=O) groups is 1. The summed E-state index contributed by atoms with van der Waals surface area (Å²) in [5, 5.41) is -1.19. The van der Waals surface area contributed by atoms with Gasteiger partial charge in [0, 0.05) is 0 Å². The normalized spacial score (nSPS) is 14.1. The summed E-state index contributed by atoms with van der Waals surface area (Å²) in [4.78, 5) is 16.4. The number of aliphatic imine (C=N–C) groups is 2. The van der Waals surface area contributed by atoms with Crippen molar-refractivity contribution in [1.29, 1.82) is 0 Å². The molecule has 0 unspecified atom stereocenters. The van der Waals surface area contributed by atoms with Gasteiger partial charge < -0.3 is 0 Å². The van der Waals surface area contributed by atoms with Crippen LogP contribution in [0.15, 0.2) is 21.8 Å². The molecule has 0 aromatic carbocycles. The molecule has 0 aliphatic carbocycles. The molecule has 78 valence electrons. The highest BCUT2D eigenvalue weighted by atomic mass is 35.5. The Morgan fingerprint density at radius 1 is 1.50 bits per heavy atom. The van der Waals surface area contributed by atoms with Crippen LogP contribution in [-0.2, 0) is 4.79 Å². The number of nitrogens with zero attached hydrogens (tertiary/aromatic N) is 2. The van der Waals surface area contributed by atoms with E-state index in [-0.39, 0.29) is 0 Å². The smallest absolute Gasteiger partial charge is 0.272 e. The highest BCUT2D eigenvalue weighted by Crippen LogP contribution is 2.26. The van der Waals surface area contributed by atoms with Crippen LogP contribution < -0.4 is 0 Å². The summed E-state index contributed by atoms with van der Waals surface area (Å²) in [5.74, 6) is -0.780. The van der Waals surface area contributed by atoms with Crippen LogP contribution in [0.1, 0.15) is 6.92 Å². The van der Waals surface area contributed by atoms with Gasteiger partial charge in [-0.1, -0.05) is 6.08 Å². The van der Waals surface area contributed by atoms with E-state index < -0.39 is 23.0 Å². The number of hydrogen-bond donors (Lipinski definition) is 0. The third kappa shape index (κ3) is 3.69. The second-order valence-corrected chi connectivity index (χ2v) is 2.38. The monoisotopic (exact) mass is 226 g/mol. The first kappa shape index (κ1) is 12.8. The maximum absolute atomic E-state index is 12.1. The summed E-state index contributed by atoms with van der Waals surface area (Å²) >= 11 is 4.90. The van der Waals surface area contributed by atoms with Crippen LogP contribution in [0.5, 0.6) is 0 Å². The first-order valence-corrected chi connectivity index (χ1v) is 3.69. The van der Waals surface area contributed by atoms with Crippen molar-refractivity contribution < 1.29 is 18.0 Å². The molecule has 0 rings (SSSR count). The van der Waals surface area contributed by atoms with Crippen molar-refractivity contribution in [3.63, 3.8) is 0 Å². The van der Waals surface area contributed by atoms with Crippen molar-refractivity contribution in [3.8, 4) is 0 Å². The van der Waals surface area contributed by atoms with Gasteiger partial charge in [0.15, 0.2) is 0 Å². The molecule has 0 saturated heterocycles. The minimum Gasteiger partial charge on any atom is -0.272 e. The van der Waals surface area contributed by atoms with Gasteiger partial charge in [-0.05, 0) is 25.2 Å². The van der Waals surface area contributed by atoms with Crippen molar-refractivity contribution >= 4 is 29.4 Å². The van der Waals surface area contributed by atoms with Crippen LogP contribution in [-0.4, -0.2) is 24.0 Å². The van der Waals surface area contributed by atoms with Crippen LogP contribution in [0.4, 0.5) is 13.2 Å². The molecule has 0 aliphatic heterocycles. The molecule has 0 heterocycles. The molecule has 3 nitrogen and oxygen atoms in total. The number of carbonyl (C=O) groups excluding carboxylic acids is 1. The average molecular weight is 227 g/mol. The lowest BCUT2D eigenvalue weighted by atomic mass is 10.4. The molecule has 0 bridgehead atoms. The Morgan fingerprint density at radius 2 is 2.00 bits per heavy atom. The predicted octanol–water partition coefficient (Wildman–Crippen LogP) is 2.32. The van der Waals surface area contributed by atoms with E-state index >= 15 is 0 Å². The molecule has 0 radical (unpaired) electrons. The van der Waals surface area contributed by atoms with E-state index in [1.165, 1.54) is 0 Å². The summed E-state index contributed by atoms with van der Waals surface area (Å²) < 4.78 is 36.3. The van der Waals surface area contributed by atoms with Gasteiger partial charge in [0.1, 0.15) is 5.70 Å². The average Bonchev–Trinajstić information content (AvgIpc) is 2.03. The highest BCUT2D eigenvalue weighted by molar-refractivity contribution is 6.82. The van der Waals surface area contributed by atoms with Crippen LogP contribution in [0.25, 0.3) is 0 Å². The summed E-state index contributed by atoms with van der Waals surface area (Å²) in [6, 6.07) is 0. The lowest BCUT2D eigenvalue weighted by molar-refractivity contribution is -0.106. The third-order valence-corrected chi connectivity index (χ3v) is 1.28. The molecule has 0 amide bonds. The Labute approximate surface area is 83.0 Å². The summed E-state index contributed by atoms with van der Waals surface area (Å²) in [7, 11) is 0. The zero-order valence-electron chi connectivity index (χ0n) is 7.10. The SMILES string of the molecule is C=NC(=N/C(=C\C)C(F)(F)F)C(=O)Cl. The van der Waals surface area contributed by atoms with Crippen LogP contribution in [0.3, 0.4) is 0 Å². The Balaban J connectivity index is 5.12. The van der Waals surface area contributed by atoms with Gasteiger partial charge in [0.25, 0.3) is 5.24 Å².